The molecular weight excluding hydrogens is 865 g/mol. The van der Waals surface area contributed by atoms with Gasteiger partial charge < -0.3 is 34.7 Å². The summed E-state index contributed by atoms with van der Waals surface area (Å²) in [5.41, 5.74) is 8.25. The van der Waals surface area contributed by atoms with Gasteiger partial charge >= 0.3 is 6.09 Å². The Hall–Kier alpha value is -4.36. The van der Waals surface area contributed by atoms with E-state index in [1.165, 1.54) is 31.7 Å². The van der Waals surface area contributed by atoms with Gasteiger partial charge in [0.05, 0.1) is 48.4 Å². The van der Waals surface area contributed by atoms with E-state index in [9.17, 15) is 14.4 Å². The van der Waals surface area contributed by atoms with Crippen molar-refractivity contribution >= 4 is 100 Å². The molecule has 0 bridgehead atoms. The molecule has 3 aromatic carbocycles. The highest BCUT2D eigenvalue weighted by molar-refractivity contribution is 7.59. The normalized spacial score (nSPS) is 17.0. The molecule has 18 heteroatoms. The average molecular weight is 927 g/mol. The third-order valence-electron chi connectivity index (χ3n) is 11.4. The first kappa shape index (κ1) is 52.0. The lowest BCUT2D eigenvalue weighted by molar-refractivity contribution is -0.188. The van der Waals surface area contributed by atoms with Crippen molar-refractivity contribution in [3.63, 3.8) is 0 Å². The van der Waals surface area contributed by atoms with Crippen molar-refractivity contribution in [2.24, 2.45) is 16.8 Å². The number of nitrogens with zero attached hydrogens (tertiary/aromatic N) is 5. The summed E-state index contributed by atoms with van der Waals surface area (Å²) in [5.74, 6) is 1.30. The van der Waals surface area contributed by atoms with E-state index in [1.807, 2.05) is 49.6 Å². The molecule has 2 aliphatic heterocycles. The maximum Gasteiger partial charge on any atom is 0.407 e. The zero-order valence-corrected chi connectivity index (χ0v) is 40.2. The van der Waals surface area contributed by atoms with Gasteiger partial charge in [-0.1, -0.05) is 64.1 Å². The highest BCUT2D eigenvalue weighted by Gasteiger charge is 2.38. The Balaban J connectivity index is 0.00000256. The van der Waals surface area contributed by atoms with E-state index in [-0.39, 0.29) is 89.7 Å². The molecule has 0 saturated carbocycles. The molecular formula is C44H62N8O6S4. The van der Waals surface area contributed by atoms with Crippen molar-refractivity contribution in [3.05, 3.63) is 83.4 Å². The number of nitrogens with one attached hydrogen (secondary N) is 3. The van der Waals surface area contributed by atoms with Crippen LogP contribution in [0, 0.1) is 11.8 Å². The summed E-state index contributed by atoms with van der Waals surface area (Å²) in [6.07, 6.45) is 5.72. The number of aryl methyl sites for hydroxylation is 2. The average Bonchev–Trinajstić information content (AvgIpc) is 4.05. The van der Waals surface area contributed by atoms with E-state index >= 15 is 0 Å². The molecule has 3 amide bonds. The zero-order chi connectivity index (χ0) is 40.9. The second-order valence-electron chi connectivity index (χ2n) is 16.0. The van der Waals surface area contributed by atoms with Crippen molar-refractivity contribution in [1.82, 2.24) is 35.1 Å². The van der Waals surface area contributed by atoms with Gasteiger partial charge in [0.15, 0.2) is 0 Å². The van der Waals surface area contributed by atoms with Gasteiger partial charge in [0.25, 0.3) is 0 Å². The Bertz CT molecular complexity index is 2280. The van der Waals surface area contributed by atoms with Crippen molar-refractivity contribution in [1.29, 1.82) is 0 Å². The summed E-state index contributed by atoms with van der Waals surface area (Å²) in [7, 11) is 2.70. The first-order valence-corrected chi connectivity index (χ1v) is 20.3. The number of carbonyl (C=O) groups is 3. The van der Waals surface area contributed by atoms with Gasteiger partial charge in [-0.15, -0.1) is 0 Å². The number of amides is 3. The lowest BCUT2D eigenvalue weighted by Gasteiger charge is -2.29. The largest absolute Gasteiger partial charge is 0.453 e. The van der Waals surface area contributed by atoms with Gasteiger partial charge in [0.1, 0.15) is 23.7 Å². The third-order valence-corrected chi connectivity index (χ3v) is 11.4. The van der Waals surface area contributed by atoms with Crippen LogP contribution in [-0.4, -0.2) is 93.4 Å². The summed E-state index contributed by atoms with van der Waals surface area (Å²) in [6.45, 7) is 9.04. The first-order chi connectivity index (χ1) is 28.0. The number of imidazole rings is 2. The molecule has 7 rings (SSSR count). The van der Waals surface area contributed by atoms with Gasteiger partial charge in [-0.05, 0) is 96.9 Å². The number of fused-ring (bicyclic) bond motifs is 2. The van der Waals surface area contributed by atoms with Crippen molar-refractivity contribution in [3.8, 4) is 11.1 Å². The Morgan fingerprint density at radius 2 is 1.27 bits per heavy atom. The highest BCUT2D eigenvalue weighted by Crippen LogP contribution is 2.35. The number of aromatic nitrogens is 4. The molecule has 2 aromatic heterocycles. The van der Waals surface area contributed by atoms with Crippen LogP contribution in [-0.2, 0) is 36.9 Å². The van der Waals surface area contributed by atoms with Crippen LogP contribution < -0.4 is 5.32 Å². The van der Waals surface area contributed by atoms with Crippen molar-refractivity contribution in [2.75, 3.05) is 27.3 Å². The van der Waals surface area contributed by atoms with Crippen LogP contribution in [0.25, 0.3) is 33.2 Å². The summed E-state index contributed by atoms with van der Waals surface area (Å²) in [6, 6.07) is 19.7. The minimum Gasteiger partial charge on any atom is -0.453 e. The van der Waals surface area contributed by atoms with Gasteiger partial charge in [-0.2, -0.15) is 58.9 Å². The minimum absolute atomic E-state index is 0. The van der Waals surface area contributed by atoms with E-state index in [4.69, 9.17) is 19.6 Å². The van der Waals surface area contributed by atoms with Gasteiger partial charge in [0, 0.05) is 13.1 Å². The molecule has 62 heavy (non-hydrogen) atoms. The molecule has 0 aliphatic carbocycles. The number of hydrogen-bond acceptors (Lipinski definition) is 9. The fourth-order valence-electron chi connectivity index (χ4n) is 8.24. The molecule has 5 aromatic rings. The molecule has 2 saturated heterocycles. The standard InChI is InChI=1S/C44H54N8O6.4H2S/c1-26(2)38(45-25-58-57-6)42(53)51-21-7-9-36(51)41-47-33-20-18-31(24-35(33)49-41)30-16-13-28(14-17-30)11-12-29-15-19-32-34(23-29)48-40(46-32)37-10-8-22-52(37)43(54)39(27(3)4)50-44(55)56-5;;;;/h13-20,23-27,36-39H,7-12,21-22H2,1-6H3,(H,46,48)(H,47,49)(H,50,55);4*1H2/t36-,37-,38?,39-;;;;/m0..../s1. The molecule has 0 spiro atoms. The second kappa shape index (κ2) is 23.4. The smallest absolute Gasteiger partial charge is 0.407 e. The summed E-state index contributed by atoms with van der Waals surface area (Å²) < 4.78 is 4.77. The second-order valence-corrected chi connectivity index (χ2v) is 16.0. The number of aromatic amines is 2. The number of hydrogen-bond donors (Lipinski definition) is 3. The molecule has 2 fully saturated rings. The number of alkyl carbamates (subject to hydrolysis) is 1. The van der Waals surface area contributed by atoms with Crippen LogP contribution in [0.1, 0.15) is 88.2 Å². The Morgan fingerprint density at radius 3 is 1.84 bits per heavy atom. The lowest BCUT2D eigenvalue weighted by atomic mass is 10.00. The maximum atomic E-state index is 13.6. The number of H-pyrrole nitrogens is 2. The Labute approximate surface area is 391 Å². The molecule has 14 nitrogen and oxygen atoms in total. The van der Waals surface area contributed by atoms with Crippen molar-refractivity contribution in [2.45, 2.75) is 90.4 Å². The Kier molecular flexibility index (Phi) is 19.6. The van der Waals surface area contributed by atoms with Crippen LogP contribution in [0.3, 0.4) is 0 Å². The SMILES string of the molecule is COOC=NC(C(=O)N1CCC[C@H]1c1nc2ccc(-c3ccc(CCc4ccc5nc([C@@H]6CCCN6C(=O)[C@@H](NC(=O)OC)C(C)C)[nH]c5c4)cc3)cc2[nH]1)C(C)C.S.S.S.S. The number of likely N-dealkylation sites (tertiary alicyclic amines) is 2. The van der Waals surface area contributed by atoms with Crippen LogP contribution >= 0.6 is 54.0 Å². The number of rotatable bonds is 14. The molecule has 3 N–H and O–H groups in total. The maximum absolute atomic E-state index is 13.6. The van der Waals surface area contributed by atoms with Gasteiger partial charge in [-0.3, -0.25) is 9.59 Å². The lowest BCUT2D eigenvalue weighted by Crippen LogP contribution is -2.51. The molecule has 4 atom stereocenters. The summed E-state index contributed by atoms with van der Waals surface area (Å²) >= 11 is 0. The van der Waals surface area contributed by atoms with E-state index in [0.29, 0.717) is 13.1 Å². The number of benzene rings is 3. The number of methoxy groups -OCH3 is 1. The topological polar surface area (TPSA) is 167 Å². The predicted octanol–water partition coefficient (Wildman–Crippen LogP) is 7.68. The van der Waals surface area contributed by atoms with E-state index in [1.54, 1.807) is 0 Å². The fraction of sp³-hybridized carbons (Fsp3) is 0.455. The van der Waals surface area contributed by atoms with Crippen LogP contribution in [0.15, 0.2) is 65.7 Å². The van der Waals surface area contributed by atoms with Crippen LogP contribution in [0.5, 0.6) is 0 Å². The van der Waals surface area contributed by atoms with Crippen LogP contribution in [0.4, 0.5) is 4.79 Å². The molecule has 1 unspecified atom stereocenters. The molecule has 0 radical (unpaired) electrons. The highest BCUT2D eigenvalue weighted by atomic mass is 32.1. The van der Waals surface area contributed by atoms with Gasteiger partial charge in [-0.25, -0.2) is 19.8 Å². The van der Waals surface area contributed by atoms with E-state index in [2.05, 4.69) is 73.7 Å². The fourth-order valence-corrected chi connectivity index (χ4v) is 8.24. The van der Waals surface area contributed by atoms with Gasteiger partial charge in [0.2, 0.25) is 18.2 Å². The quantitative estimate of drug-likeness (QED) is 0.0442. The number of aliphatic imine (C=N–C) groups is 1. The summed E-state index contributed by atoms with van der Waals surface area (Å²) in [4.78, 5) is 73.5. The number of carbonyl (C=O) groups excluding carboxylic acids is 3. The third kappa shape index (κ3) is 11.6. The monoisotopic (exact) mass is 926 g/mol. The zero-order valence-electron chi connectivity index (χ0n) is 36.2. The first-order valence-electron chi connectivity index (χ1n) is 20.3. The number of ether oxygens (including phenoxy) is 1. The summed E-state index contributed by atoms with van der Waals surface area (Å²) in [5, 5.41) is 2.71. The predicted molar refractivity (Wildman–Crippen MR) is 263 cm³/mol. The van der Waals surface area contributed by atoms with Crippen LogP contribution in [0.2, 0.25) is 0 Å². The van der Waals surface area contributed by atoms with Crippen molar-refractivity contribution < 1.29 is 28.9 Å². The molecule has 2 aliphatic rings. The Morgan fingerprint density at radius 1 is 0.742 bits per heavy atom. The molecule has 338 valence electrons. The minimum atomic E-state index is -0.674. The van der Waals surface area contributed by atoms with E-state index < -0.39 is 18.2 Å². The molecule has 4 heterocycles. The van der Waals surface area contributed by atoms with E-state index in [0.717, 1.165) is 83.4 Å².